The average molecular weight is 305 g/mol. The molecule has 0 aliphatic heterocycles. The van der Waals surface area contributed by atoms with Crippen molar-refractivity contribution in [2.24, 2.45) is 5.41 Å². The van der Waals surface area contributed by atoms with Crippen LogP contribution in [0.3, 0.4) is 0 Å². The fourth-order valence-corrected chi connectivity index (χ4v) is 6.01. The first-order chi connectivity index (χ1) is 9.97. The first kappa shape index (κ1) is 14.4. The molecule has 3 rings (SSSR count). The third-order valence-electron chi connectivity index (χ3n) is 5.07. The van der Waals surface area contributed by atoms with E-state index >= 15 is 0 Å². The van der Waals surface area contributed by atoms with Crippen LogP contribution in [0.5, 0.6) is 5.75 Å². The van der Waals surface area contributed by atoms with E-state index < -0.39 is 14.6 Å². The van der Waals surface area contributed by atoms with Crippen molar-refractivity contribution in [3.05, 3.63) is 24.3 Å². The molecule has 0 radical (unpaired) electrons. The van der Waals surface area contributed by atoms with Crippen LogP contribution in [-0.2, 0) is 9.84 Å². The Kier molecular flexibility index (Phi) is 3.25. The predicted octanol–water partition coefficient (Wildman–Crippen LogP) is 3.09. The minimum Gasteiger partial charge on any atom is -0.497 e. The number of benzene rings is 1. The summed E-state index contributed by atoms with van der Waals surface area (Å²) in [4.78, 5) is 0.220. The van der Waals surface area contributed by atoms with Crippen LogP contribution in [0.1, 0.15) is 38.5 Å². The highest BCUT2D eigenvalue weighted by Gasteiger charge is 2.62. The molecule has 0 unspecified atom stereocenters. The van der Waals surface area contributed by atoms with Crippen molar-refractivity contribution in [3.63, 3.8) is 0 Å². The minimum atomic E-state index is -3.62. The van der Waals surface area contributed by atoms with Crippen LogP contribution in [0, 0.1) is 16.7 Å². The summed E-state index contributed by atoms with van der Waals surface area (Å²) in [6.07, 6.45) is 5.42. The van der Waals surface area contributed by atoms with Crippen molar-refractivity contribution in [2.45, 2.75) is 48.2 Å². The summed E-state index contributed by atoms with van der Waals surface area (Å²) in [5, 5.41) is 9.52. The standard InChI is InChI=1S/C16H19NO3S/c1-20-13-4-6-14(7-5-13)21(18,19)16(12-17)10-15(11-16)8-2-3-9-15/h4-7H,2-3,8-11H2,1H3. The molecule has 5 heteroatoms. The van der Waals surface area contributed by atoms with Crippen LogP contribution < -0.4 is 4.74 Å². The number of methoxy groups -OCH3 is 1. The quantitative estimate of drug-likeness (QED) is 0.860. The van der Waals surface area contributed by atoms with Crippen LogP contribution in [0.2, 0.25) is 0 Å². The molecule has 0 bridgehead atoms. The molecule has 0 aromatic heterocycles. The average Bonchev–Trinajstić information content (AvgIpc) is 2.94. The Hall–Kier alpha value is -1.54. The molecule has 1 aromatic carbocycles. The van der Waals surface area contributed by atoms with E-state index in [4.69, 9.17) is 4.74 Å². The van der Waals surface area contributed by atoms with Gasteiger partial charge in [-0.15, -0.1) is 0 Å². The summed E-state index contributed by atoms with van der Waals surface area (Å²) in [5.41, 5.74) is 0.106. The summed E-state index contributed by atoms with van der Waals surface area (Å²) in [6.45, 7) is 0. The Morgan fingerprint density at radius 1 is 1.14 bits per heavy atom. The van der Waals surface area contributed by atoms with Crippen molar-refractivity contribution >= 4 is 9.84 Å². The number of rotatable bonds is 3. The Bertz CT molecular complexity index is 671. The summed E-state index contributed by atoms with van der Waals surface area (Å²) in [6, 6.07) is 8.44. The van der Waals surface area contributed by atoms with Crippen molar-refractivity contribution in [1.82, 2.24) is 0 Å². The van der Waals surface area contributed by atoms with E-state index in [9.17, 15) is 13.7 Å². The van der Waals surface area contributed by atoms with Crippen LogP contribution in [0.15, 0.2) is 29.2 Å². The number of nitriles is 1. The van der Waals surface area contributed by atoms with Gasteiger partial charge in [0.1, 0.15) is 5.75 Å². The first-order valence-corrected chi connectivity index (χ1v) is 8.75. The van der Waals surface area contributed by atoms with Gasteiger partial charge in [-0.05, 0) is 55.4 Å². The lowest BCUT2D eigenvalue weighted by Gasteiger charge is -2.50. The summed E-state index contributed by atoms with van der Waals surface area (Å²) < 4.78 is 29.5. The molecule has 21 heavy (non-hydrogen) atoms. The largest absolute Gasteiger partial charge is 0.497 e. The highest BCUT2D eigenvalue weighted by Crippen LogP contribution is 2.61. The van der Waals surface area contributed by atoms with Gasteiger partial charge in [-0.25, -0.2) is 8.42 Å². The Morgan fingerprint density at radius 2 is 1.71 bits per heavy atom. The number of ether oxygens (including phenoxy) is 1. The maximum atomic E-state index is 12.8. The molecule has 2 saturated carbocycles. The summed E-state index contributed by atoms with van der Waals surface area (Å²) >= 11 is 0. The van der Waals surface area contributed by atoms with Gasteiger partial charge in [-0.3, -0.25) is 0 Å². The highest BCUT2D eigenvalue weighted by molar-refractivity contribution is 7.93. The van der Waals surface area contributed by atoms with E-state index in [-0.39, 0.29) is 10.3 Å². The lowest BCUT2D eigenvalue weighted by molar-refractivity contribution is 0.113. The third-order valence-corrected chi connectivity index (χ3v) is 7.37. The number of hydrogen-bond donors (Lipinski definition) is 0. The molecule has 1 spiro atoms. The normalized spacial score (nSPS) is 22.5. The van der Waals surface area contributed by atoms with Crippen molar-refractivity contribution in [1.29, 1.82) is 5.26 Å². The second kappa shape index (κ2) is 4.74. The molecule has 0 heterocycles. The first-order valence-electron chi connectivity index (χ1n) is 7.27. The third kappa shape index (κ3) is 2.04. The van der Waals surface area contributed by atoms with Crippen molar-refractivity contribution < 1.29 is 13.2 Å². The van der Waals surface area contributed by atoms with Gasteiger partial charge in [0.2, 0.25) is 0 Å². The van der Waals surface area contributed by atoms with Gasteiger partial charge < -0.3 is 4.74 Å². The van der Waals surface area contributed by atoms with Gasteiger partial charge in [0, 0.05) is 0 Å². The summed E-state index contributed by atoms with van der Waals surface area (Å²) in [5.74, 6) is 0.612. The van der Waals surface area contributed by atoms with Crippen molar-refractivity contribution in [2.75, 3.05) is 7.11 Å². The zero-order chi connectivity index (χ0) is 15.1. The topological polar surface area (TPSA) is 67.2 Å². The monoisotopic (exact) mass is 305 g/mol. The molecular weight excluding hydrogens is 286 g/mol. The molecule has 0 atom stereocenters. The zero-order valence-corrected chi connectivity index (χ0v) is 12.9. The Morgan fingerprint density at radius 3 is 2.19 bits per heavy atom. The molecule has 2 aliphatic rings. The van der Waals surface area contributed by atoms with E-state index in [2.05, 4.69) is 6.07 Å². The second-order valence-corrected chi connectivity index (χ2v) is 8.61. The predicted molar refractivity (Wildman–Crippen MR) is 78.7 cm³/mol. The van der Waals surface area contributed by atoms with E-state index in [0.717, 1.165) is 25.7 Å². The van der Waals surface area contributed by atoms with Crippen LogP contribution in [0.4, 0.5) is 0 Å². The van der Waals surface area contributed by atoms with Gasteiger partial charge in [0.05, 0.1) is 18.1 Å². The fraction of sp³-hybridized carbons (Fsp3) is 0.562. The fourth-order valence-electron chi connectivity index (χ4n) is 3.95. The van der Waals surface area contributed by atoms with E-state index in [1.807, 2.05) is 0 Å². The van der Waals surface area contributed by atoms with Gasteiger partial charge in [0.25, 0.3) is 0 Å². The lowest BCUT2D eigenvalue weighted by Crippen LogP contribution is -2.54. The molecular formula is C16H19NO3S. The maximum Gasteiger partial charge on any atom is 0.197 e. The maximum absolute atomic E-state index is 12.8. The molecule has 2 fully saturated rings. The Labute approximate surface area is 125 Å². The van der Waals surface area contributed by atoms with Gasteiger partial charge in [0.15, 0.2) is 14.6 Å². The number of hydrogen-bond acceptors (Lipinski definition) is 4. The zero-order valence-electron chi connectivity index (χ0n) is 12.1. The molecule has 0 amide bonds. The second-order valence-electron chi connectivity index (χ2n) is 6.35. The molecule has 4 nitrogen and oxygen atoms in total. The molecule has 2 aliphatic carbocycles. The van der Waals surface area contributed by atoms with E-state index in [0.29, 0.717) is 18.6 Å². The van der Waals surface area contributed by atoms with Crippen LogP contribution in [0.25, 0.3) is 0 Å². The minimum absolute atomic E-state index is 0.106. The molecule has 0 N–H and O–H groups in total. The van der Waals surface area contributed by atoms with E-state index in [1.165, 1.54) is 19.2 Å². The number of sulfone groups is 1. The highest BCUT2D eigenvalue weighted by atomic mass is 32.2. The van der Waals surface area contributed by atoms with Crippen molar-refractivity contribution in [3.8, 4) is 11.8 Å². The molecule has 1 aromatic rings. The smallest absolute Gasteiger partial charge is 0.197 e. The van der Waals surface area contributed by atoms with Gasteiger partial charge in [-0.2, -0.15) is 5.26 Å². The van der Waals surface area contributed by atoms with Gasteiger partial charge >= 0.3 is 0 Å². The van der Waals surface area contributed by atoms with Gasteiger partial charge in [-0.1, -0.05) is 12.8 Å². The Balaban J connectivity index is 1.91. The summed E-state index contributed by atoms with van der Waals surface area (Å²) in [7, 11) is -2.08. The SMILES string of the molecule is COc1ccc(S(=O)(=O)C2(C#N)CC3(CCCC3)C2)cc1. The van der Waals surface area contributed by atoms with Crippen LogP contribution >= 0.6 is 0 Å². The van der Waals surface area contributed by atoms with E-state index in [1.54, 1.807) is 12.1 Å². The van der Waals surface area contributed by atoms with Crippen LogP contribution in [-0.4, -0.2) is 20.3 Å². The molecule has 112 valence electrons. The molecule has 0 saturated heterocycles. The number of nitrogens with zero attached hydrogens (tertiary/aromatic N) is 1. The lowest BCUT2D eigenvalue weighted by atomic mass is 9.61.